The van der Waals surface area contributed by atoms with Crippen molar-refractivity contribution in [2.24, 2.45) is 5.73 Å². The van der Waals surface area contributed by atoms with Gasteiger partial charge in [0.25, 0.3) is 5.91 Å². The van der Waals surface area contributed by atoms with Gasteiger partial charge < -0.3 is 16.4 Å². The second kappa shape index (κ2) is 5.46. The predicted octanol–water partition coefficient (Wildman–Crippen LogP) is 2.11. The molecule has 2 aromatic rings. The van der Waals surface area contributed by atoms with E-state index in [1.54, 1.807) is 0 Å². The van der Waals surface area contributed by atoms with Crippen molar-refractivity contribution < 1.29 is 4.79 Å². The average molecular weight is 297 g/mol. The molecule has 4 N–H and O–H groups in total. The number of carbonyl (C=O) groups excluding carboxylic acids is 1. The highest BCUT2D eigenvalue weighted by Gasteiger charge is 2.20. The zero-order valence-corrected chi connectivity index (χ0v) is 11.8. The van der Waals surface area contributed by atoms with Gasteiger partial charge in [-0.1, -0.05) is 29.8 Å². The number of rotatable bonds is 4. The fraction of sp³-hybridized carbons (Fsp3) is 0.167. The molecule has 7 heteroatoms. The molecule has 0 aliphatic rings. The molecule has 0 saturated heterocycles. The number of halogens is 1. The van der Waals surface area contributed by atoms with Crippen molar-refractivity contribution in [2.75, 3.05) is 17.7 Å². The predicted molar refractivity (Wildman–Crippen MR) is 78.6 cm³/mol. The van der Waals surface area contributed by atoms with Gasteiger partial charge in [-0.3, -0.25) is 4.79 Å². The lowest BCUT2D eigenvalue weighted by Crippen LogP contribution is -2.21. The van der Waals surface area contributed by atoms with Gasteiger partial charge in [-0.25, -0.2) is 0 Å². The minimum atomic E-state index is -0.577. The molecular formula is C12H13ClN4OS. The Morgan fingerprint density at radius 2 is 2.16 bits per heavy atom. The van der Waals surface area contributed by atoms with Crippen LogP contribution in [0.2, 0.25) is 5.02 Å². The summed E-state index contributed by atoms with van der Waals surface area (Å²) in [5, 5.41) is 1.32. The normalized spacial score (nSPS) is 10.4. The summed E-state index contributed by atoms with van der Waals surface area (Å²) in [6.45, 7) is 0.543. The summed E-state index contributed by atoms with van der Waals surface area (Å²) >= 11 is 7.25. The van der Waals surface area contributed by atoms with Gasteiger partial charge >= 0.3 is 0 Å². The summed E-state index contributed by atoms with van der Waals surface area (Å²) in [5.74, 6) is -0.411. The molecule has 0 fully saturated rings. The van der Waals surface area contributed by atoms with Crippen molar-refractivity contribution in [3.63, 3.8) is 0 Å². The Morgan fingerprint density at radius 3 is 2.79 bits per heavy atom. The molecule has 19 heavy (non-hydrogen) atoms. The van der Waals surface area contributed by atoms with Gasteiger partial charge in [0.2, 0.25) is 0 Å². The second-order valence-electron chi connectivity index (χ2n) is 4.06. The molecule has 1 heterocycles. The molecule has 0 saturated carbocycles. The van der Waals surface area contributed by atoms with Gasteiger partial charge in [0, 0.05) is 18.6 Å². The number of amides is 1. The topological polar surface area (TPSA) is 85.2 Å². The van der Waals surface area contributed by atoms with Crippen LogP contribution in [0.5, 0.6) is 0 Å². The fourth-order valence-corrected chi connectivity index (χ4v) is 2.71. The third-order valence-electron chi connectivity index (χ3n) is 2.66. The molecule has 100 valence electrons. The summed E-state index contributed by atoms with van der Waals surface area (Å²) in [6, 6.07) is 7.52. The van der Waals surface area contributed by atoms with Gasteiger partial charge in [-0.05, 0) is 23.2 Å². The van der Waals surface area contributed by atoms with Gasteiger partial charge in [0.15, 0.2) is 5.82 Å². The number of nitrogens with zero attached hydrogens (tertiary/aromatic N) is 2. The molecule has 2 rings (SSSR count). The number of hydrogen-bond donors (Lipinski definition) is 2. The maximum atomic E-state index is 11.4. The molecule has 0 spiro atoms. The molecule has 0 bridgehead atoms. The smallest absolute Gasteiger partial charge is 0.255 e. The van der Waals surface area contributed by atoms with Crippen LogP contribution in [0.4, 0.5) is 10.8 Å². The van der Waals surface area contributed by atoms with E-state index in [4.69, 9.17) is 23.1 Å². The maximum absolute atomic E-state index is 11.4. The van der Waals surface area contributed by atoms with Crippen LogP contribution in [0, 0.1) is 0 Å². The summed E-state index contributed by atoms with van der Waals surface area (Å²) in [4.78, 5) is 13.2. The lowest BCUT2D eigenvalue weighted by atomic mass is 10.2. The Hall–Kier alpha value is -1.79. The molecule has 1 amide bonds. The van der Waals surface area contributed by atoms with Gasteiger partial charge in [0.1, 0.15) is 10.6 Å². The zero-order chi connectivity index (χ0) is 14.0. The largest absolute Gasteiger partial charge is 0.382 e. The first-order valence-corrected chi connectivity index (χ1v) is 6.65. The number of aromatic nitrogens is 1. The number of nitrogens with two attached hydrogens (primary N) is 2. The number of anilines is 2. The highest BCUT2D eigenvalue weighted by Crippen LogP contribution is 2.31. The van der Waals surface area contributed by atoms with Gasteiger partial charge in [0.05, 0.1) is 0 Å². The zero-order valence-electron chi connectivity index (χ0n) is 10.3. The highest BCUT2D eigenvalue weighted by atomic mass is 35.5. The third kappa shape index (κ3) is 2.80. The molecule has 1 aromatic heterocycles. The summed E-state index contributed by atoms with van der Waals surface area (Å²) < 4.78 is 3.97. The lowest BCUT2D eigenvalue weighted by Gasteiger charge is -2.18. The van der Waals surface area contributed by atoms with Crippen molar-refractivity contribution in [3.8, 4) is 0 Å². The molecule has 1 aromatic carbocycles. The lowest BCUT2D eigenvalue weighted by molar-refractivity contribution is 0.100. The van der Waals surface area contributed by atoms with Crippen molar-refractivity contribution in [2.45, 2.75) is 6.54 Å². The van der Waals surface area contributed by atoms with Crippen LogP contribution < -0.4 is 16.4 Å². The van der Waals surface area contributed by atoms with Crippen molar-refractivity contribution in [1.29, 1.82) is 0 Å². The maximum Gasteiger partial charge on any atom is 0.255 e. The second-order valence-corrected chi connectivity index (χ2v) is 5.22. The van der Waals surface area contributed by atoms with E-state index < -0.39 is 5.91 Å². The van der Waals surface area contributed by atoms with E-state index >= 15 is 0 Å². The molecule has 0 unspecified atom stereocenters. The Bertz CT molecular complexity index is 614. The van der Waals surface area contributed by atoms with Crippen molar-refractivity contribution >= 4 is 39.9 Å². The minimum absolute atomic E-state index is 0.165. The number of carbonyl (C=O) groups is 1. The number of primary amides is 1. The van der Waals surface area contributed by atoms with E-state index in [1.807, 2.05) is 36.2 Å². The molecule has 0 radical (unpaired) electrons. The van der Waals surface area contributed by atoms with Gasteiger partial charge in [-0.2, -0.15) is 4.37 Å². The standard InChI is InChI=1S/C12H13ClN4OS/c1-17(6-7-4-2-3-5-8(7)13)12-9(11(15)18)10(14)16-19-12/h2-5H,6H2,1H3,(H2,14,16)(H2,15,18). The Balaban J connectivity index is 2.28. The summed E-state index contributed by atoms with van der Waals surface area (Å²) in [6.07, 6.45) is 0. The monoisotopic (exact) mass is 296 g/mol. The first kappa shape index (κ1) is 13.6. The molecule has 0 aliphatic heterocycles. The van der Waals surface area contributed by atoms with E-state index in [0.29, 0.717) is 16.6 Å². The molecule has 5 nitrogen and oxygen atoms in total. The van der Waals surface area contributed by atoms with E-state index in [2.05, 4.69) is 4.37 Å². The van der Waals surface area contributed by atoms with Crippen LogP contribution in [-0.4, -0.2) is 17.3 Å². The van der Waals surface area contributed by atoms with Crippen LogP contribution in [0.3, 0.4) is 0 Å². The van der Waals surface area contributed by atoms with Gasteiger partial charge in [-0.15, -0.1) is 0 Å². The van der Waals surface area contributed by atoms with E-state index in [9.17, 15) is 4.79 Å². The average Bonchev–Trinajstić information content (AvgIpc) is 2.74. The Labute approximate surface area is 119 Å². The van der Waals surface area contributed by atoms with Crippen LogP contribution in [0.1, 0.15) is 15.9 Å². The minimum Gasteiger partial charge on any atom is -0.382 e. The molecular weight excluding hydrogens is 284 g/mol. The summed E-state index contributed by atoms with van der Waals surface area (Å²) in [7, 11) is 1.84. The third-order valence-corrected chi connectivity index (χ3v) is 4.00. The first-order valence-electron chi connectivity index (χ1n) is 5.50. The van der Waals surface area contributed by atoms with E-state index in [0.717, 1.165) is 17.1 Å². The SMILES string of the molecule is CN(Cc1ccccc1Cl)c1snc(N)c1C(N)=O. The van der Waals surface area contributed by atoms with Crippen LogP contribution >= 0.6 is 23.1 Å². The van der Waals surface area contributed by atoms with Crippen molar-refractivity contribution in [3.05, 3.63) is 40.4 Å². The van der Waals surface area contributed by atoms with E-state index in [1.165, 1.54) is 0 Å². The summed E-state index contributed by atoms with van der Waals surface area (Å²) in [5.41, 5.74) is 12.2. The quantitative estimate of drug-likeness (QED) is 0.905. The fourth-order valence-electron chi connectivity index (χ4n) is 1.74. The number of hydrogen-bond acceptors (Lipinski definition) is 5. The highest BCUT2D eigenvalue weighted by molar-refractivity contribution is 7.11. The number of nitrogen functional groups attached to an aromatic ring is 1. The van der Waals surface area contributed by atoms with E-state index in [-0.39, 0.29) is 11.4 Å². The molecule has 0 aliphatic carbocycles. The Kier molecular flexibility index (Phi) is 3.92. The van der Waals surface area contributed by atoms with Crippen LogP contribution in [0.15, 0.2) is 24.3 Å². The van der Waals surface area contributed by atoms with Crippen LogP contribution in [0.25, 0.3) is 0 Å². The molecule has 0 atom stereocenters. The van der Waals surface area contributed by atoms with Crippen molar-refractivity contribution in [1.82, 2.24) is 4.37 Å². The Morgan fingerprint density at radius 1 is 1.47 bits per heavy atom. The number of benzene rings is 1. The van der Waals surface area contributed by atoms with Crippen LogP contribution in [-0.2, 0) is 6.54 Å². The first-order chi connectivity index (χ1) is 9.00.